The van der Waals surface area contributed by atoms with Crippen LogP contribution >= 0.6 is 0 Å². The summed E-state index contributed by atoms with van der Waals surface area (Å²) < 4.78 is 0. The molecule has 1 saturated heterocycles. The van der Waals surface area contributed by atoms with Crippen molar-refractivity contribution in [3.8, 4) is 0 Å². The molecule has 4 fully saturated rings. The molecular weight excluding hydrogens is 645 g/mol. The Morgan fingerprint density at radius 1 is 0.660 bits per heavy atom. The summed E-state index contributed by atoms with van der Waals surface area (Å²) in [7, 11) is 0. The first-order valence-electron chi connectivity index (χ1n) is 21.1. The Bertz CT molecular complexity index is 1880. The van der Waals surface area contributed by atoms with Gasteiger partial charge >= 0.3 is 0 Å². The molecular formula is C50H68N2O. The second-order valence-electron chi connectivity index (χ2n) is 21.6. The van der Waals surface area contributed by atoms with Gasteiger partial charge in [-0.1, -0.05) is 137 Å². The Morgan fingerprint density at radius 2 is 1.23 bits per heavy atom. The number of hydrogen-bond donors (Lipinski definition) is 3. The van der Waals surface area contributed by atoms with E-state index in [1.807, 2.05) is 0 Å². The molecule has 3 nitrogen and oxygen atoms in total. The summed E-state index contributed by atoms with van der Waals surface area (Å²) >= 11 is 0. The third-order valence-corrected chi connectivity index (χ3v) is 14.8. The van der Waals surface area contributed by atoms with Gasteiger partial charge in [0, 0.05) is 41.1 Å². The van der Waals surface area contributed by atoms with E-state index in [-0.39, 0.29) is 33.6 Å². The summed E-state index contributed by atoms with van der Waals surface area (Å²) in [5.41, 5.74) is 12.5. The van der Waals surface area contributed by atoms with Crippen LogP contribution in [0.2, 0.25) is 0 Å². The van der Waals surface area contributed by atoms with Crippen LogP contribution in [-0.4, -0.2) is 28.8 Å². The number of allylic oxidation sites excluding steroid dienone is 5. The fraction of sp³-hybridized carbons (Fsp3) is 0.600. The van der Waals surface area contributed by atoms with Crippen molar-refractivity contribution in [2.75, 3.05) is 0 Å². The largest absolute Gasteiger partial charge is 0.507 e. The van der Waals surface area contributed by atoms with Crippen LogP contribution in [0.3, 0.4) is 0 Å². The summed E-state index contributed by atoms with van der Waals surface area (Å²) in [5, 5.41) is 21.2. The normalized spacial score (nSPS) is 35.8. The van der Waals surface area contributed by atoms with E-state index in [4.69, 9.17) is 0 Å². The Kier molecular flexibility index (Phi) is 8.79. The predicted octanol–water partition coefficient (Wildman–Crippen LogP) is 11.7. The summed E-state index contributed by atoms with van der Waals surface area (Å²) in [4.78, 5) is 0. The van der Waals surface area contributed by atoms with Crippen LogP contribution in [-0.2, 0) is 10.8 Å². The first kappa shape index (κ1) is 37.1. The molecule has 284 valence electrons. The van der Waals surface area contributed by atoms with Gasteiger partial charge in [0.05, 0.1) is 0 Å². The van der Waals surface area contributed by atoms with E-state index in [2.05, 4.69) is 154 Å². The molecule has 1 aliphatic heterocycles. The van der Waals surface area contributed by atoms with Crippen molar-refractivity contribution < 1.29 is 5.11 Å². The maximum absolute atomic E-state index is 12.2. The maximum Gasteiger partial charge on any atom is 0.123 e. The topological polar surface area (TPSA) is 44.3 Å². The molecule has 10 unspecified atom stereocenters. The first-order valence-corrected chi connectivity index (χ1v) is 21.1. The zero-order valence-electron chi connectivity index (χ0n) is 35.0. The molecule has 10 atom stereocenters. The Hall–Kier alpha value is -2.88. The highest BCUT2D eigenvalue weighted by Gasteiger charge is 2.60. The van der Waals surface area contributed by atoms with Crippen LogP contribution in [0.4, 0.5) is 0 Å². The van der Waals surface area contributed by atoms with Gasteiger partial charge in [-0.15, -0.1) is 0 Å². The van der Waals surface area contributed by atoms with Gasteiger partial charge in [0.2, 0.25) is 0 Å². The molecule has 0 spiro atoms. The molecule has 0 bridgehead atoms. The highest BCUT2D eigenvalue weighted by molar-refractivity contribution is 5.78. The minimum atomic E-state index is -0.169. The highest BCUT2D eigenvalue weighted by atomic mass is 16.3. The average Bonchev–Trinajstić information content (AvgIpc) is 3.54. The molecule has 8 rings (SSSR count). The molecule has 0 radical (unpaired) electrons. The van der Waals surface area contributed by atoms with E-state index >= 15 is 0 Å². The molecule has 1 heterocycles. The smallest absolute Gasteiger partial charge is 0.123 e. The third-order valence-electron chi connectivity index (χ3n) is 14.8. The van der Waals surface area contributed by atoms with Gasteiger partial charge in [0.25, 0.3) is 0 Å². The second-order valence-corrected chi connectivity index (χ2v) is 21.6. The van der Waals surface area contributed by atoms with Gasteiger partial charge < -0.3 is 15.7 Å². The van der Waals surface area contributed by atoms with E-state index in [0.29, 0.717) is 47.6 Å². The molecule has 5 aliphatic carbocycles. The van der Waals surface area contributed by atoms with Crippen LogP contribution in [0, 0.1) is 40.9 Å². The third kappa shape index (κ3) is 6.06. The van der Waals surface area contributed by atoms with Gasteiger partial charge in [-0.2, -0.15) is 0 Å². The van der Waals surface area contributed by atoms with Crippen LogP contribution in [0.15, 0.2) is 83.2 Å². The van der Waals surface area contributed by atoms with Crippen molar-refractivity contribution in [1.29, 1.82) is 0 Å². The molecule has 3 heteroatoms. The van der Waals surface area contributed by atoms with E-state index < -0.39 is 0 Å². The number of nitrogens with one attached hydrogen (secondary N) is 2. The van der Waals surface area contributed by atoms with Crippen molar-refractivity contribution in [3.05, 3.63) is 105 Å². The van der Waals surface area contributed by atoms with Crippen LogP contribution in [0.5, 0.6) is 0 Å². The van der Waals surface area contributed by atoms with Crippen molar-refractivity contribution in [2.24, 2.45) is 40.9 Å². The van der Waals surface area contributed by atoms with E-state index in [1.54, 1.807) is 16.7 Å². The highest BCUT2D eigenvalue weighted by Crippen LogP contribution is 2.58. The maximum atomic E-state index is 12.2. The van der Waals surface area contributed by atoms with Gasteiger partial charge in [-0.05, 0) is 123 Å². The number of aliphatic hydroxyl groups excluding tert-OH is 1. The number of aliphatic hydroxyl groups is 1. The lowest BCUT2D eigenvalue weighted by Gasteiger charge is -2.64. The quantitative estimate of drug-likeness (QED) is 0.290. The fourth-order valence-corrected chi connectivity index (χ4v) is 12.0. The lowest BCUT2D eigenvalue weighted by Crippen LogP contribution is -2.80. The van der Waals surface area contributed by atoms with Crippen molar-refractivity contribution in [1.82, 2.24) is 10.6 Å². The lowest BCUT2D eigenvalue weighted by molar-refractivity contribution is -0.0254. The van der Waals surface area contributed by atoms with Crippen molar-refractivity contribution in [3.63, 3.8) is 0 Å². The second kappa shape index (κ2) is 12.6. The summed E-state index contributed by atoms with van der Waals surface area (Å²) in [5.74, 6) is 3.05. The van der Waals surface area contributed by atoms with Gasteiger partial charge in [0.1, 0.15) is 5.76 Å². The SMILES string of the molecule is CC1CC2C(c3ccc(C(C)(C)C)cc3)=C3CCCC3=CC2C2NC3C(C)CC4C(c5ccc(C(C)(C)C)cc5)=C(O)C(C(C)(C)C)=CC4C3(C)NC12. The van der Waals surface area contributed by atoms with Crippen LogP contribution < -0.4 is 10.6 Å². The van der Waals surface area contributed by atoms with Gasteiger partial charge in [0.15, 0.2) is 0 Å². The molecule has 2 aromatic rings. The van der Waals surface area contributed by atoms with Crippen molar-refractivity contribution in [2.45, 2.75) is 150 Å². The monoisotopic (exact) mass is 713 g/mol. The minimum Gasteiger partial charge on any atom is -0.507 e. The number of piperazine rings is 1. The molecule has 2 aromatic carbocycles. The van der Waals surface area contributed by atoms with Gasteiger partial charge in [-0.3, -0.25) is 0 Å². The molecule has 53 heavy (non-hydrogen) atoms. The number of rotatable bonds is 2. The number of benzene rings is 2. The van der Waals surface area contributed by atoms with E-state index in [9.17, 15) is 5.11 Å². The number of fused-ring (bicyclic) bond motifs is 7. The van der Waals surface area contributed by atoms with Crippen LogP contribution in [0.1, 0.15) is 137 Å². The molecule has 0 aromatic heterocycles. The average molecular weight is 713 g/mol. The summed E-state index contributed by atoms with van der Waals surface area (Å²) in [6, 6.07) is 20.0. The molecule has 6 aliphatic rings. The lowest BCUT2D eigenvalue weighted by atomic mass is 9.53. The van der Waals surface area contributed by atoms with E-state index in [1.165, 1.54) is 47.9 Å². The number of hydrogen-bond acceptors (Lipinski definition) is 3. The van der Waals surface area contributed by atoms with E-state index in [0.717, 1.165) is 17.6 Å². The fourth-order valence-electron chi connectivity index (χ4n) is 12.0. The summed E-state index contributed by atoms with van der Waals surface area (Å²) in [6.07, 6.45) is 11.3. The van der Waals surface area contributed by atoms with Crippen molar-refractivity contribution >= 4 is 11.1 Å². The Morgan fingerprint density at radius 3 is 1.79 bits per heavy atom. The minimum absolute atomic E-state index is 0.0888. The zero-order chi connectivity index (χ0) is 38.0. The van der Waals surface area contributed by atoms with Gasteiger partial charge in [-0.25, -0.2) is 0 Å². The summed E-state index contributed by atoms with van der Waals surface area (Å²) in [6.45, 7) is 28.1. The first-order chi connectivity index (χ1) is 24.8. The zero-order valence-corrected chi connectivity index (χ0v) is 35.0. The molecule has 3 N–H and O–H groups in total. The Balaban J connectivity index is 1.16. The Labute approximate surface area is 321 Å². The standard InChI is InChI=1S/C50H68N2O/c1-28-24-36-37(26-32-14-13-15-35(32)41(36)30-16-20-33(21-17-30)47(3,4)5)44-43(28)52-50(12)39-27-40(49(9,10)11)45(53)42(38(39)25-29(2)46(50)51-44)31-18-22-34(23-19-31)48(6,7)8/h16-23,26-29,36-39,43-44,46,51-53H,13-15,24-25H2,1-12H3. The molecule has 3 saturated carbocycles. The van der Waals surface area contributed by atoms with Crippen LogP contribution in [0.25, 0.3) is 11.1 Å². The molecule has 0 amide bonds. The predicted molar refractivity (Wildman–Crippen MR) is 224 cm³/mol.